The van der Waals surface area contributed by atoms with Gasteiger partial charge < -0.3 is 10.3 Å². The predicted molar refractivity (Wildman–Crippen MR) is 46.0 cm³/mol. The van der Waals surface area contributed by atoms with E-state index in [-0.39, 0.29) is 34.4 Å². The van der Waals surface area contributed by atoms with E-state index in [1.165, 1.54) is 6.07 Å². The molecule has 0 saturated heterocycles. The summed E-state index contributed by atoms with van der Waals surface area (Å²) >= 11 is 1.01. The summed E-state index contributed by atoms with van der Waals surface area (Å²) in [5.74, 6) is -1.14. The fourth-order valence-corrected chi connectivity index (χ4v) is 2.74. The number of rotatable bonds is 3. The molecule has 1 unspecified atom stereocenters. The molecule has 1 rings (SSSR count). The summed E-state index contributed by atoms with van der Waals surface area (Å²) in [7, 11) is -4.70. The van der Waals surface area contributed by atoms with Crippen LogP contribution in [-0.2, 0) is 14.9 Å². The second-order valence-corrected chi connectivity index (χ2v) is 4.73. The van der Waals surface area contributed by atoms with E-state index in [9.17, 15) is 17.8 Å². The zero-order chi connectivity index (χ0) is 10.1. The number of nitrogens with two attached hydrogens (primary N) is 1. The van der Waals surface area contributed by atoms with Crippen molar-refractivity contribution in [1.82, 2.24) is 0 Å². The Labute approximate surface area is 107 Å². The van der Waals surface area contributed by atoms with Crippen molar-refractivity contribution < 1.29 is 47.3 Å². The number of hydrogen-bond donors (Lipinski definition) is 1. The van der Waals surface area contributed by atoms with E-state index in [0.29, 0.717) is 0 Å². The van der Waals surface area contributed by atoms with Gasteiger partial charge in [0, 0.05) is 4.88 Å². The van der Waals surface area contributed by atoms with Crippen molar-refractivity contribution >= 4 is 27.4 Å². The molecule has 0 spiro atoms. The van der Waals surface area contributed by atoms with Gasteiger partial charge in [-0.3, -0.25) is 4.79 Å². The molecule has 0 aromatic carbocycles. The molecule has 0 radical (unpaired) electrons. The van der Waals surface area contributed by atoms with E-state index in [2.05, 4.69) is 0 Å². The van der Waals surface area contributed by atoms with E-state index < -0.39 is 21.3 Å². The van der Waals surface area contributed by atoms with Gasteiger partial charge in [-0.05, 0) is 11.4 Å². The molecule has 0 fully saturated rings. The zero-order valence-electron chi connectivity index (χ0n) is 7.34. The van der Waals surface area contributed by atoms with E-state index in [0.717, 1.165) is 11.3 Å². The molecular formula is C6H6NNaO4S2. The van der Waals surface area contributed by atoms with Gasteiger partial charge in [-0.2, -0.15) is 0 Å². The maximum atomic E-state index is 10.7. The first-order valence-electron chi connectivity index (χ1n) is 3.20. The summed E-state index contributed by atoms with van der Waals surface area (Å²) in [6, 6.07) is 2.93. The summed E-state index contributed by atoms with van der Waals surface area (Å²) in [6.07, 6.45) is 0. The Morgan fingerprint density at radius 3 is 2.43 bits per heavy atom. The van der Waals surface area contributed by atoms with Gasteiger partial charge in [-0.25, -0.2) is 8.42 Å². The van der Waals surface area contributed by atoms with Gasteiger partial charge in [0.05, 0.1) is 0 Å². The maximum Gasteiger partial charge on any atom is 1.00 e. The van der Waals surface area contributed by atoms with Crippen molar-refractivity contribution in [3.8, 4) is 0 Å². The molecule has 0 saturated carbocycles. The molecule has 72 valence electrons. The van der Waals surface area contributed by atoms with Gasteiger partial charge >= 0.3 is 29.6 Å². The topological polar surface area (TPSA) is 100 Å². The van der Waals surface area contributed by atoms with Gasteiger partial charge in [-0.1, -0.05) is 6.07 Å². The van der Waals surface area contributed by atoms with Crippen LogP contribution in [0.3, 0.4) is 0 Å². The maximum absolute atomic E-state index is 10.7. The number of primary amides is 1. The van der Waals surface area contributed by atoms with E-state index in [4.69, 9.17) is 5.73 Å². The summed E-state index contributed by atoms with van der Waals surface area (Å²) in [5, 5.41) is -0.191. The van der Waals surface area contributed by atoms with Crippen LogP contribution in [0.25, 0.3) is 0 Å². The van der Waals surface area contributed by atoms with Crippen molar-refractivity contribution in [3.63, 3.8) is 0 Å². The fourth-order valence-electron chi connectivity index (χ4n) is 0.865. The zero-order valence-corrected chi connectivity index (χ0v) is 11.0. The molecule has 1 aromatic heterocycles. The average Bonchev–Trinajstić information content (AvgIpc) is 2.34. The minimum Gasteiger partial charge on any atom is -0.747 e. The third kappa shape index (κ3) is 3.34. The Bertz CT molecular complexity index is 399. The van der Waals surface area contributed by atoms with Crippen LogP contribution in [0.1, 0.15) is 10.1 Å². The van der Waals surface area contributed by atoms with Crippen molar-refractivity contribution in [3.05, 3.63) is 22.4 Å². The van der Waals surface area contributed by atoms with Crippen molar-refractivity contribution in [2.24, 2.45) is 5.73 Å². The van der Waals surface area contributed by atoms with Gasteiger partial charge in [0.2, 0.25) is 5.91 Å². The predicted octanol–water partition coefficient (Wildman–Crippen LogP) is -3.18. The molecule has 0 aliphatic carbocycles. The van der Waals surface area contributed by atoms with Crippen LogP contribution >= 0.6 is 11.3 Å². The largest absolute Gasteiger partial charge is 1.00 e. The number of amides is 1. The molecule has 8 heteroatoms. The summed E-state index contributed by atoms with van der Waals surface area (Å²) in [4.78, 5) is 10.8. The number of hydrogen-bond acceptors (Lipinski definition) is 5. The van der Waals surface area contributed by atoms with Gasteiger partial charge in [0.1, 0.15) is 10.1 Å². The third-order valence-electron chi connectivity index (χ3n) is 1.35. The Morgan fingerprint density at radius 2 is 2.14 bits per heavy atom. The van der Waals surface area contributed by atoms with Gasteiger partial charge in [0.15, 0.2) is 5.25 Å². The molecule has 0 bridgehead atoms. The first kappa shape index (κ1) is 14.1. The molecule has 1 amide bonds. The van der Waals surface area contributed by atoms with Crippen LogP contribution in [0, 0.1) is 0 Å². The molecule has 5 nitrogen and oxygen atoms in total. The molecule has 1 heterocycles. The van der Waals surface area contributed by atoms with E-state index >= 15 is 0 Å². The molecule has 14 heavy (non-hydrogen) atoms. The molecule has 1 atom stereocenters. The minimum atomic E-state index is -4.70. The Balaban J connectivity index is 0.00000169. The normalized spacial score (nSPS) is 12.9. The van der Waals surface area contributed by atoms with E-state index in [1.807, 2.05) is 0 Å². The number of thiophene rings is 1. The number of carbonyl (C=O) groups is 1. The number of carbonyl (C=O) groups excluding carboxylic acids is 1. The molecule has 2 N–H and O–H groups in total. The smallest absolute Gasteiger partial charge is 0.747 e. The van der Waals surface area contributed by atoms with Crippen molar-refractivity contribution in [1.29, 1.82) is 0 Å². The molecular weight excluding hydrogens is 237 g/mol. The van der Waals surface area contributed by atoms with Crippen LogP contribution in [0.4, 0.5) is 0 Å². The van der Waals surface area contributed by atoms with Crippen LogP contribution in [0.5, 0.6) is 0 Å². The first-order chi connectivity index (χ1) is 5.93. The SMILES string of the molecule is NC(=O)C(c1cccs1)S(=O)(=O)[O-].[Na+]. The van der Waals surface area contributed by atoms with E-state index in [1.54, 1.807) is 11.4 Å². The summed E-state index contributed by atoms with van der Waals surface area (Å²) in [5.41, 5.74) is 4.80. The first-order valence-corrected chi connectivity index (χ1v) is 5.55. The molecule has 1 aromatic rings. The molecule has 0 aliphatic rings. The Hall–Kier alpha value is 0.0800. The molecule has 0 aliphatic heterocycles. The van der Waals surface area contributed by atoms with Crippen LogP contribution in [0.2, 0.25) is 0 Å². The van der Waals surface area contributed by atoms with Gasteiger partial charge in [-0.15, -0.1) is 11.3 Å². The minimum absolute atomic E-state index is 0. The fraction of sp³-hybridized carbons (Fsp3) is 0.167. The second kappa shape index (κ2) is 5.24. The summed E-state index contributed by atoms with van der Waals surface area (Å²) < 4.78 is 31.9. The second-order valence-electron chi connectivity index (χ2n) is 2.29. The van der Waals surface area contributed by atoms with Gasteiger partial charge in [0.25, 0.3) is 0 Å². The average molecular weight is 243 g/mol. The standard InChI is InChI=1S/C6H7NO4S2.Na/c7-6(8)5(13(9,10)11)4-2-1-3-12-4;/h1-3,5H,(H2,7,8)(H,9,10,11);/q;+1/p-1. The van der Waals surface area contributed by atoms with Crippen LogP contribution in [0.15, 0.2) is 17.5 Å². The summed E-state index contributed by atoms with van der Waals surface area (Å²) in [6.45, 7) is 0. The van der Waals surface area contributed by atoms with Crippen molar-refractivity contribution in [2.75, 3.05) is 0 Å². The monoisotopic (exact) mass is 243 g/mol. The van der Waals surface area contributed by atoms with Crippen LogP contribution < -0.4 is 35.3 Å². The van der Waals surface area contributed by atoms with Crippen LogP contribution in [-0.4, -0.2) is 18.9 Å². The third-order valence-corrected chi connectivity index (χ3v) is 3.50. The Kier molecular flexibility index (Phi) is 5.27. The van der Waals surface area contributed by atoms with Crippen molar-refractivity contribution in [2.45, 2.75) is 5.25 Å². The Morgan fingerprint density at radius 1 is 1.57 bits per heavy atom. The quantitative estimate of drug-likeness (QED) is 0.447.